The van der Waals surface area contributed by atoms with Gasteiger partial charge in [0.1, 0.15) is 12.1 Å². The van der Waals surface area contributed by atoms with Gasteiger partial charge in [0.05, 0.1) is 6.61 Å². The zero-order chi connectivity index (χ0) is 22.1. The number of aryl methyl sites for hydroxylation is 1. The summed E-state index contributed by atoms with van der Waals surface area (Å²) in [4.78, 5) is 27.7. The molecule has 30 heavy (non-hydrogen) atoms. The number of hydrogen-bond acceptors (Lipinski definition) is 8. The highest BCUT2D eigenvalue weighted by atomic mass is 16.5. The zero-order valence-electron chi connectivity index (χ0n) is 19.4. The Morgan fingerprint density at radius 3 is 2.27 bits per heavy atom. The molecule has 0 atom stereocenters. The SMILES string of the molecule is CCOC(=O)CCc1c(C)nc2ncnn2c1N(CCCN(C)C)CCCN(C)C. The summed E-state index contributed by atoms with van der Waals surface area (Å²) in [7, 11) is 8.36. The summed E-state index contributed by atoms with van der Waals surface area (Å²) in [5.74, 6) is 1.40. The minimum absolute atomic E-state index is 0.187. The van der Waals surface area contributed by atoms with Crippen LogP contribution in [0.15, 0.2) is 6.33 Å². The fourth-order valence-electron chi connectivity index (χ4n) is 3.53. The fourth-order valence-corrected chi connectivity index (χ4v) is 3.53. The lowest BCUT2D eigenvalue weighted by atomic mass is 10.1. The van der Waals surface area contributed by atoms with Crippen molar-refractivity contribution in [3.05, 3.63) is 17.6 Å². The van der Waals surface area contributed by atoms with E-state index in [1.54, 1.807) is 0 Å². The van der Waals surface area contributed by atoms with Crippen molar-refractivity contribution in [2.75, 3.05) is 65.9 Å². The fraction of sp³-hybridized carbons (Fsp3) is 0.714. The molecule has 0 aromatic carbocycles. The van der Waals surface area contributed by atoms with E-state index in [1.807, 2.05) is 18.4 Å². The molecule has 9 nitrogen and oxygen atoms in total. The Bertz CT molecular complexity index is 790. The molecule has 2 heterocycles. The van der Waals surface area contributed by atoms with Gasteiger partial charge in [-0.2, -0.15) is 14.6 Å². The minimum Gasteiger partial charge on any atom is -0.466 e. The highest BCUT2D eigenvalue weighted by molar-refractivity contribution is 5.70. The van der Waals surface area contributed by atoms with Crippen molar-refractivity contribution in [2.24, 2.45) is 0 Å². The number of anilines is 1. The quantitative estimate of drug-likeness (QED) is 0.454. The van der Waals surface area contributed by atoms with Crippen LogP contribution in [0, 0.1) is 6.92 Å². The number of ether oxygens (including phenoxy) is 1. The summed E-state index contributed by atoms with van der Waals surface area (Å²) in [6.07, 6.45) is 4.50. The third kappa shape index (κ3) is 6.91. The van der Waals surface area contributed by atoms with Gasteiger partial charge in [-0.15, -0.1) is 0 Å². The van der Waals surface area contributed by atoms with Crippen LogP contribution >= 0.6 is 0 Å². The highest BCUT2D eigenvalue weighted by Crippen LogP contribution is 2.25. The van der Waals surface area contributed by atoms with Crippen LogP contribution in [0.25, 0.3) is 5.78 Å². The molecule has 2 aromatic rings. The van der Waals surface area contributed by atoms with Crippen molar-refractivity contribution >= 4 is 17.6 Å². The number of fused-ring (bicyclic) bond motifs is 1. The van der Waals surface area contributed by atoms with Gasteiger partial charge in [-0.1, -0.05) is 0 Å². The molecule has 0 aliphatic carbocycles. The standard InChI is InChI=1S/C21H37N7O2/c1-7-30-19(29)11-10-18-17(2)24-21-22-16-23-28(21)20(18)27(14-8-12-25(3)4)15-9-13-26(5)6/h16H,7-15H2,1-6H3. The molecule has 0 aliphatic heterocycles. The van der Waals surface area contributed by atoms with Gasteiger partial charge in [0, 0.05) is 30.8 Å². The number of carbonyl (C=O) groups excluding carboxylic acids is 1. The van der Waals surface area contributed by atoms with Gasteiger partial charge >= 0.3 is 5.97 Å². The van der Waals surface area contributed by atoms with Gasteiger partial charge in [0.25, 0.3) is 5.78 Å². The number of carbonyl (C=O) groups is 1. The molecule has 0 N–H and O–H groups in total. The molecule has 0 bridgehead atoms. The summed E-state index contributed by atoms with van der Waals surface area (Å²) in [5, 5.41) is 4.46. The first-order valence-electron chi connectivity index (χ1n) is 10.7. The largest absolute Gasteiger partial charge is 0.466 e. The lowest BCUT2D eigenvalue weighted by Gasteiger charge is -2.29. The van der Waals surface area contributed by atoms with E-state index in [1.165, 1.54) is 6.33 Å². The van der Waals surface area contributed by atoms with Crippen LogP contribution in [0.1, 0.15) is 37.4 Å². The Labute approximate surface area is 180 Å². The monoisotopic (exact) mass is 419 g/mol. The maximum absolute atomic E-state index is 12.0. The first-order chi connectivity index (χ1) is 14.3. The summed E-state index contributed by atoms with van der Waals surface area (Å²) in [6.45, 7) is 8.02. The maximum Gasteiger partial charge on any atom is 0.306 e. The van der Waals surface area contributed by atoms with E-state index >= 15 is 0 Å². The highest BCUT2D eigenvalue weighted by Gasteiger charge is 2.21. The lowest BCUT2D eigenvalue weighted by Crippen LogP contribution is -2.33. The number of rotatable bonds is 13. The lowest BCUT2D eigenvalue weighted by molar-refractivity contribution is -0.143. The molecule has 9 heteroatoms. The number of hydrogen-bond donors (Lipinski definition) is 0. The number of aromatic nitrogens is 4. The third-order valence-corrected chi connectivity index (χ3v) is 4.96. The molecule has 168 valence electrons. The summed E-state index contributed by atoms with van der Waals surface area (Å²) in [6, 6.07) is 0. The smallest absolute Gasteiger partial charge is 0.306 e. The molecule has 0 amide bonds. The normalized spacial score (nSPS) is 11.6. The van der Waals surface area contributed by atoms with E-state index in [0.29, 0.717) is 25.2 Å². The van der Waals surface area contributed by atoms with Crippen LogP contribution in [0.2, 0.25) is 0 Å². The Morgan fingerprint density at radius 2 is 1.70 bits per heavy atom. The van der Waals surface area contributed by atoms with Crippen LogP contribution in [-0.4, -0.2) is 96.3 Å². The molecule has 0 radical (unpaired) electrons. The molecule has 0 unspecified atom stereocenters. The summed E-state index contributed by atoms with van der Waals surface area (Å²) < 4.78 is 6.96. The Morgan fingerprint density at radius 1 is 1.07 bits per heavy atom. The van der Waals surface area contributed by atoms with Gasteiger partial charge in [-0.25, -0.2) is 4.98 Å². The van der Waals surface area contributed by atoms with Gasteiger partial charge in [-0.05, 0) is 74.4 Å². The van der Waals surface area contributed by atoms with Crippen molar-refractivity contribution in [3.63, 3.8) is 0 Å². The molecule has 2 rings (SSSR count). The Hall–Kier alpha value is -2.26. The van der Waals surface area contributed by atoms with Gasteiger partial charge in [-0.3, -0.25) is 4.79 Å². The van der Waals surface area contributed by atoms with E-state index in [2.05, 4.69) is 58.0 Å². The van der Waals surface area contributed by atoms with E-state index < -0.39 is 0 Å². The van der Waals surface area contributed by atoms with Crippen LogP contribution in [0.5, 0.6) is 0 Å². The maximum atomic E-state index is 12.0. The van der Waals surface area contributed by atoms with Crippen molar-refractivity contribution in [2.45, 2.75) is 39.5 Å². The van der Waals surface area contributed by atoms with Crippen LogP contribution in [0.4, 0.5) is 5.82 Å². The second-order valence-corrected chi connectivity index (χ2v) is 8.08. The van der Waals surface area contributed by atoms with Gasteiger partial charge in [0.2, 0.25) is 0 Å². The van der Waals surface area contributed by atoms with Crippen LogP contribution < -0.4 is 4.90 Å². The van der Waals surface area contributed by atoms with Crippen molar-refractivity contribution in [1.82, 2.24) is 29.4 Å². The molecule has 0 spiro atoms. The minimum atomic E-state index is -0.187. The topological polar surface area (TPSA) is 79.1 Å². The molecular formula is C21H37N7O2. The average molecular weight is 420 g/mol. The van der Waals surface area contributed by atoms with Crippen molar-refractivity contribution in [1.29, 1.82) is 0 Å². The zero-order valence-corrected chi connectivity index (χ0v) is 19.4. The first-order valence-corrected chi connectivity index (χ1v) is 10.7. The van der Waals surface area contributed by atoms with Crippen molar-refractivity contribution in [3.8, 4) is 0 Å². The Balaban J connectivity index is 2.37. The van der Waals surface area contributed by atoms with E-state index in [4.69, 9.17) is 4.74 Å². The number of nitrogens with zero attached hydrogens (tertiary/aromatic N) is 7. The second kappa shape index (κ2) is 11.8. The predicted molar refractivity (Wildman–Crippen MR) is 119 cm³/mol. The molecule has 0 saturated carbocycles. The predicted octanol–water partition coefficient (Wildman–Crippen LogP) is 1.64. The third-order valence-electron chi connectivity index (χ3n) is 4.96. The molecular weight excluding hydrogens is 382 g/mol. The summed E-state index contributed by atoms with van der Waals surface area (Å²) in [5.41, 5.74) is 1.93. The van der Waals surface area contributed by atoms with Crippen LogP contribution in [-0.2, 0) is 16.0 Å². The molecule has 0 aliphatic rings. The summed E-state index contributed by atoms with van der Waals surface area (Å²) >= 11 is 0. The van der Waals surface area contributed by atoms with E-state index in [9.17, 15) is 4.79 Å². The van der Waals surface area contributed by atoms with Gasteiger partial charge < -0.3 is 19.4 Å². The molecule has 2 aromatic heterocycles. The average Bonchev–Trinajstić information content (AvgIpc) is 3.12. The van der Waals surface area contributed by atoms with Crippen LogP contribution in [0.3, 0.4) is 0 Å². The molecule has 0 saturated heterocycles. The van der Waals surface area contributed by atoms with Crippen molar-refractivity contribution < 1.29 is 9.53 Å². The number of esters is 1. The molecule has 0 fully saturated rings. The second-order valence-electron chi connectivity index (χ2n) is 8.08. The first kappa shape index (κ1) is 24.0. The van der Waals surface area contributed by atoms with E-state index in [-0.39, 0.29) is 5.97 Å². The van der Waals surface area contributed by atoms with E-state index in [0.717, 1.165) is 56.1 Å². The Kier molecular flexibility index (Phi) is 9.45. The van der Waals surface area contributed by atoms with Gasteiger partial charge in [0.15, 0.2) is 0 Å².